The van der Waals surface area contributed by atoms with Gasteiger partial charge >= 0.3 is 5.97 Å². The van der Waals surface area contributed by atoms with Gasteiger partial charge < -0.3 is 10.2 Å². The molecule has 1 atom stereocenters. The van der Waals surface area contributed by atoms with Crippen LogP contribution in [0.25, 0.3) is 0 Å². The highest BCUT2D eigenvalue weighted by Gasteiger charge is 2.11. The third-order valence-corrected chi connectivity index (χ3v) is 3.28. The summed E-state index contributed by atoms with van der Waals surface area (Å²) in [7, 11) is 0. The smallest absolute Gasteiger partial charge is 0.332 e. The van der Waals surface area contributed by atoms with Crippen molar-refractivity contribution in [3.8, 4) is 0 Å². The molecule has 0 aliphatic heterocycles. The van der Waals surface area contributed by atoms with Crippen LogP contribution in [0.4, 0.5) is 0 Å². The van der Waals surface area contributed by atoms with Crippen LogP contribution in [0.15, 0.2) is 30.3 Å². The van der Waals surface area contributed by atoms with Gasteiger partial charge in [-0.05, 0) is 24.2 Å². The standard InChI is InChI=1S/C12H16O3S/c13-11(12(14)15)7-4-8-16-9-10-5-2-1-3-6-10/h1-3,5-6,11,13H,4,7-9H2,(H,14,15). The second-order valence-corrected chi connectivity index (χ2v) is 4.64. The number of rotatable bonds is 7. The lowest BCUT2D eigenvalue weighted by atomic mass is 10.2. The predicted octanol–water partition coefficient (Wildman–Crippen LogP) is 2.15. The van der Waals surface area contributed by atoms with Gasteiger partial charge in [-0.2, -0.15) is 11.8 Å². The number of benzene rings is 1. The lowest BCUT2D eigenvalue weighted by molar-refractivity contribution is -0.146. The Labute approximate surface area is 99.5 Å². The number of hydrogen-bond donors (Lipinski definition) is 2. The summed E-state index contributed by atoms with van der Waals surface area (Å²) in [5.74, 6) is 0.677. The van der Waals surface area contributed by atoms with Crippen LogP contribution < -0.4 is 0 Å². The van der Waals surface area contributed by atoms with Crippen molar-refractivity contribution in [1.29, 1.82) is 0 Å². The Kier molecular flexibility index (Phi) is 5.96. The van der Waals surface area contributed by atoms with Crippen LogP contribution in [0.5, 0.6) is 0 Å². The molecule has 0 fully saturated rings. The molecular weight excluding hydrogens is 224 g/mol. The van der Waals surface area contributed by atoms with Crippen LogP contribution in [0, 0.1) is 0 Å². The fourth-order valence-corrected chi connectivity index (χ4v) is 2.21. The van der Waals surface area contributed by atoms with Crippen molar-refractivity contribution in [2.45, 2.75) is 24.7 Å². The maximum absolute atomic E-state index is 10.3. The molecule has 0 amide bonds. The molecule has 1 aromatic rings. The van der Waals surface area contributed by atoms with E-state index < -0.39 is 12.1 Å². The quantitative estimate of drug-likeness (QED) is 0.717. The summed E-state index contributed by atoms with van der Waals surface area (Å²) in [6.07, 6.45) is -0.153. The van der Waals surface area contributed by atoms with Gasteiger partial charge in [-0.25, -0.2) is 4.79 Å². The van der Waals surface area contributed by atoms with Gasteiger partial charge in [0.05, 0.1) is 0 Å². The molecule has 1 rings (SSSR count). The van der Waals surface area contributed by atoms with Gasteiger partial charge in [-0.15, -0.1) is 0 Å². The van der Waals surface area contributed by atoms with Gasteiger partial charge in [-0.1, -0.05) is 30.3 Å². The van der Waals surface area contributed by atoms with E-state index in [0.29, 0.717) is 6.42 Å². The third kappa shape index (κ3) is 5.19. The Morgan fingerprint density at radius 3 is 2.62 bits per heavy atom. The van der Waals surface area contributed by atoms with Crippen LogP contribution in [-0.4, -0.2) is 28.0 Å². The number of aliphatic carboxylic acids is 1. The first-order valence-corrected chi connectivity index (χ1v) is 6.38. The SMILES string of the molecule is O=C(O)C(O)CCCSCc1ccccc1. The summed E-state index contributed by atoms with van der Waals surface area (Å²) >= 11 is 1.76. The van der Waals surface area contributed by atoms with Gasteiger partial charge in [0.1, 0.15) is 0 Å². The van der Waals surface area contributed by atoms with Crippen molar-refractivity contribution >= 4 is 17.7 Å². The maximum atomic E-state index is 10.3. The number of hydrogen-bond acceptors (Lipinski definition) is 3. The minimum atomic E-state index is -1.21. The van der Waals surface area contributed by atoms with E-state index in [2.05, 4.69) is 12.1 Å². The van der Waals surface area contributed by atoms with E-state index in [1.165, 1.54) is 5.56 Å². The third-order valence-electron chi connectivity index (χ3n) is 2.16. The molecule has 1 aromatic carbocycles. The molecular formula is C12H16O3S. The van der Waals surface area contributed by atoms with Crippen molar-refractivity contribution in [2.24, 2.45) is 0 Å². The number of aliphatic hydroxyl groups is 1. The van der Waals surface area contributed by atoms with Crippen molar-refractivity contribution < 1.29 is 15.0 Å². The van der Waals surface area contributed by atoms with Crippen molar-refractivity contribution in [3.63, 3.8) is 0 Å². The van der Waals surface area contributed by atoms with Gasteiger partial charge in [0, 0.05) is 5.75 Å². The topological polar surface area (TPSA) is 57.5 Å². The summed E-state index contributed by atoms with van der Waals surface area (Å²) in [5, 5.41) is 17.5. The van der Waals surface area contributed by atoms with E-state index in [-0.39, 0.29) is 0 Å². The second kappa shape index (κ2) is 7.30. The highest BCUT2D eigenvalue weighted by molar-refractivity contribution is 7.98. The Bertz CT molecular complexity index is 313. The van der Waals surface area contributed by atoms with Crippen molar-refractivity contribution in [3.05, 3.63) is 35.9 Å². The molecule has 0 aliphatic carbocycles. The molecule has 1 unspecified atom stereocenters. The molecule has 0 bridgehead atoms. The molecule has 3 nitrogen and oxygen atoms in total. The first kappa shape index (κ1) is 13.1. The second-order valence-electron chi connectivity index (χ2n) is 3.53. The van der Waals surface area contributed by atoms with Crippen molar-refractivity contribution in [2.75, 3.05) is 5.75 Å². The molecule has 0 spiro atoms. The highest BCUT2D eigenvalue weighted by atomic mass is 32.2. The van der Waals surface area contributed by atoms with E-state index in [1.54, 1.807) is 11.8 Å². The summed E-state index contributed by atoms with van der Waals surface area (Å²) in [6, 6.07) is 10.1. The Morgan fingerprint density at radius 1 is 1.31 bits per heavy atom. The number of carbonyl (C=O) groups is 1. The number of thioether (sulfide) groups is 1. The summed E-state index contributed by atoms with van der Waals surface area (Å²) < 4.78 is 0. The summed E-state index contributed by atoms with van der Waals surface area (Å²) in [4.78, 5) is 10.3. The maximum Gasteiger partial charge on any atom is 0.332 e. The number of carboxylic acid groups (broad SMARTS) is 1. The fourth-order valence-electron chi connectivity index (χ4n) is 1.27. The van der Waals surface area contributed by atoms with Crippen LogP contribution in [0.2, 0.25) is 0 Å². The monoisotopic (exact) mass is 240 g/mol. The van der Waals surface area contributed by atoms with Gasteiger partial charge in [-0.3, -0.25) is 0 Å². The zero-order chi connectivity index (χ0) is 11.8. The number of carboxylic acids is 1. The lowest BCUT2D eigenvalue weighted by Crippen LogP contribution is -2.19. The van der Waals surface area contributed by atoms with E-state index in [9.17, 15) is 4.79 Å². The normalized spacial score (nSPS) is 12.3. The van der Waals surface area contributed by atoms with Crippen LogP contribution >= 0.6 is 11.8 Å². The molecule has 16 heavy (non-hydrogen) atoms. The first-order chi connectivity index (χ1) is 7.70. The molecule has 0 aromatic heterocycles. The minimum Gasteiger partial charge on any atom is -0.479 e. The van der Waals surface area contributed by atoms with Gasteiger partial charge in [0.25, 0.3) is 0 Å². The zero-order valence-electron chi connectivity index (χ0n) is 9.00. The first-order valence-electron chi connectivity index (χ1n) is 5.22. The van der Waals surface area contributed by atoms with Crippen LogP contribution in [0.3, 0.4) is 0 Å². The molecule has 0 saturated carbocycles. The van der Waals surface area contributed by atoms with Crippen molar-refractivity contribution in [1.82, 2.24) is 0 Å². The molecule has 2 N–H and O–H groups in total. The predicted molar refractivity (Wildman–Crippen MR) is 65.5 cm³/mol. The van der Waals surface area contributed by atoms with E-state index in [1.807, 2.05) is 18.2 Å². The highest BCUT2D eigenvalue weighted by Crippen LogP contribution is 2.13. The molecule has 0 saturated heterocycles. The van der Waals surface area contributed by atoms with Crippen LogP contribution in [0.1, 0.15) is 18.4 Å². The Hall–Kier alpha value is -1.00. The Morgan fingerprint density at radius 2 is 2.00 bits per heavy atom. The van der Waals surface area contributed by atoms with Crippen LogP contribution in [-0.2, 0) is 10.5 Å². The molecule has 0 radical (unpaired) electrons. The summed E-state index contributed by atoms with van der Waals surface area (Å²) in [5.41, 5.74) is 1.27. The van der Waals surface area contributed by atoms with Gasteiger partial charge in [0.2, 0.25) is 0 Å². The number of aliphatic hydroxyl groups excluding tert-OH is 1. The van der Waals surface area contributed by atoms with E-state index in [4.69, 9.17) is 10.2 Å². The molecule has 0 aliphatic rings. The largest absolute Gasteiger partial charge is 0.479 e. The van der Waals surface area contributed by atoms with Gasteiger partial charge in [0.15, 0.2) is 6.10 Å². The Balaban J connectivity index is 2.07. The minimum absolute atomic E-state index is 0.330. The lowest BCUT2D eigenvalue weighted by Gasteiger charge is -2.05. The average molecular weight is 240 g/mol. The summed E-state index contributed by atoms with van der Waals surface area (Å²) in [6.45, 7) is 0. The average Bonchev–Trinajstić information content (AvgIpc) is 2.29. The molecule has 0 heterocycles. The zero-order valence-corrected chi connectivity index (χ0v) is 9.82. The van der Waals surface area contributed by atoms with E-state index >= 15 is 0 Å². The van der Waals surface area contributed by atoms with E-state index in [0.717, 1.165) is 17.9 Å². The fraction of sp³-hybridized carbons (Fsp3) is 0.417. The molecule has 88 valence electrons. The molecule has 4 heteroatoms.